The van der Waals surface area contributed by atoms with E-state index < -0.39 is 10.0 Å². The number of piperidine rings is 1. The topological polar surface area (TPSA) is 66.5 Å². The van der Waals surface area contributed by atoms with Crippen LogP contribution in [0.5, 0.6) is 0 Å². The second kappa shape index (κ2) is 7.44. The smallest absolute Gasteiger partial charge is 0.224 e. The molecule has 122 valence electrons. The lowest BCUT2D eigenvalue weighted by atomic mass is 9.99. The van der Waals surface area contributed by atoms with Gasteiger partial charge in [0.25, 0.3) is 0 Å². The fraction of sp³-hybridized carbons (Fsp3) is 0.533. The lowest BCUT2D eigenvalue weighted by Gasteiger charge is -2.31. The van der Waals surface area contributed by atoms with Crippen molar-refractivity contribution in [1.29, 1.82) is 0 Å². The van der Waals surface area contributed by atoms with Gasteiger partial charge >= 0.3 is 0 Å². The van der Waals surface area contributed by atoms with Crippen LogP contribution < -0.4 is 5.32 Å². The predicted molar refractivity (Wildman–Crippen MR) is 87.1 cm³/mol. The Morgan fingerprint density at radius 1 is 1.41 bits per heavy atom. The van der Waals surface area contributed by atoms with Gasteiger partial charge in [-0.25, -0.2) is 12.7 Å². The van der Waals surface area contributed by atoms with Crippen molar-refractivity contribution in [3.8, 4) is 0 Å². The molecule has 0 radical (unpaired) electrons. The van der Waals surface area contributed by atoms with Gasteiger partial charge in [-0.3, -0.25) is 4.79 Å². The van der Waals surface area contributed by atoms with E-state index in [2.05, 4.69) is 5.32 Å². The highest BCUT2D eigenvalue weighted by atomic mass is 35.5. The number of carbonyl (C=O) groups is 1. The van der Waals surface area contributed by atoms with E-state index in [0.29, 0.717) is 30.1 Å². The third kappa shape index (κ3) is 4.21. The third-order valence-electron chi connectivity index (χ3n) is 3.80. The molecule has 0 spiro atoms. The van der Waals surface area contributed by atoms with Crippen LogP contribution in [-0.2, 0) is 20.6 Å². The monoisotopic (exact) mass is 344 g/mol. The van der Waals surface area contributed by atoms with E-state index >= 15 is 0 Å². The summed E-state index contributed by atoms with van der Waals surface area (Å²) in [7, 11) is -3.47. The fourth-order valence-corrected chi connectivity index (χ4v) is 4.55. The van der Waals surface area contributed by atoms with Gasteiger partial charge in [-0.2, -0.15) is 0 Å². The molecule has 1 amide bonds. The summed E-state index contributed by atoms with van der Waals surface area (Å²) in [6.07, 6.45) is 1.42. The summed E-state index contributed by atoms with van der Waals surface area (Å²) >= 11 is 6.04. The Hall–Kier alpha value is -1.11. The third-order valence-corrected chi connectivity index (χ3v) is 5.96. The normalized spacial score (nSPS) is 19.8. The quantitative estimate of drug-likeness (QED) is 0.888. The average molecular weight is 345 g/mol. The second-order valence-corrected chi connectivity index (χ2v) is 7.82. The number of benzene rings is 1. The van der Waals surface area contributed by atoms with Crippen molar-refractivity contribution in [2.24, 2.45) is 5.92 Å². The zero-order valence-corrected chi connectivity index (χ0v) is 14.2. The Balaban J connectivity index is 2.09. The van der Waals surface area contributed by atoms with Crippen molar-refractivity contribution in [1.82, 2.24) is 9.62 Å². The number of nitrogens with one attached hydrogen (secondary N) is 1. The van der Waals surface area contributed by atoms with Crippen LogP contribution in [0.2, 0.25) is 5.02 Å². The lowest BCUT2D eigenvalue weighted by molar-refractivity contribution is -0.125. The number of amides is 1. The van der Waals surface area contributed by atoms with E-state index in [9.17, 15) is 13.2 Å². The highest BCUT2D eigenvalue weighted by molar-refractivity contribution is 7.88. The number of carbonyl (C=O) groups excluding carboxylic acids is 1. The first-order valence-electron chi connectivity index (χ1n) is 7.43. The molecular formula is C15H21ClN2O3S. The van der Waals surface area contributed by atoms with Gasteiger partial charge in [-0.15, -0.1) is 0 Å². The first-order chi connectivity index (χ1) is 10.4. The molecular weight excluding hydrogens is 324 g/mol. The number of rotatable bonds is 5. The van der Waals surface area contributed by atoms with Crippen molar-refractivity contribution in [2.75, 3.05) is 19.6 Å². The minimum atomic E-state index is -3.47. The molecule has 22 heavy (non-hydrogen) atoms. The molecule has 1 fully saturated rings. The molecule has 1 aliphatic rings. The molecule has 1 heterocycles. The lowest BCUT2D eigenvalue weighted by Crippen LogP contribution is -2.45. The van der Waals surface area contributed by atoms with Gasteiger partial charge in [0.1, 0.15) is 0 Å². The van der Waals surface area contributed by atoms with Crippen molar-refractivity contribution in [3.63, 3.8) is 0 Å². The molecule has 0 bridgehead atoms. The zero-order chi connectivity index (χ0) is 16.2. The van der Waals surface area contributed by atoms with E-state index in [4.69, 9.17) is 11.6 Å². The largest absolute Gasteiger partial charge is 0.356 e. The van der Waals surface area contributed by atoms with Crippen LogP contribution in [0.25, 0.3) is 0 Å². The van der Waals surface area contributed by atoms with Crippen LogP contribution in [0, 0.1) is 5.92 Å². The Morgan fingerprint density at radius 3 is 2.82 bits per heavy atom. The van der Waals surface area contributed by atoms with Crippen LogP contribution in [0.3, 0.4) is 0 Å². The molecule has 1 aromatic rings. The summed E-state index contributed by atoms with van der Waals surface area (Å²) in [4.78, 5) is 11.9. The summed E-state index contributed by atoms with van der Waals surface area (Å²) in [5, 5.41) is 3.21. The molecule has 0 saturated carbocycles. The molecule has 1 aromatic carbocycles. The van der Waals surface area contributed by atoms with Crippen LogP contribution in [0.1, 0.15) is 25.3 Å². The number of sulfonamides is 1. The fourth-order valence-electron chi connectivity index (χ4n) is 2.63. The minimum absolute atomic E-state index is 0.0693. The van der Waals surface area contributed by atoms with Crippen LogP contribution in [-0.4, -0.2) is 38.3 Å². The highest BCUT2D eigenvalue weighted by Gasteiger charge is 2.32. The van der Waals surface area contributed by atoms with E-state index in [1.165, 1.54) is 4.31 Å². The van der Waals surface area contributed by atoms with Gasteiger partial charge in [0, 0.05) is 24.7 Å². The van der Waals surface area contributed by atoms with Gasteiger partial charge in [0.15, 0.2) is 0 Å². The summed E-state index contributed by atoms with van der Waals surface area (Å²) in [6.45, 7) is 3.12. The zero-order valence-electron chi connectivity index (χ0n) is 12.6. The molecule has 2 rings (SSSR count). The van der Waals surface area contributed by atoms with Gasteiger partial charge in [-0.1, -0.05) is 29.8 Å². The van der Waals surface area contributed by atoms with Gasteiger partial charge in [0.2, 0.25) is 15.9 Å². The molecule has 0 unspecified atom stereocenters. The maximum absolute atomic E-state index is 12.6. The standard InChI is InChI=1S/C15H21ClN2O3S/c1-2-17-15(19)12-7-5-9-18(10-12)22(20,21)11-13-6-3-4-8-14(13)16/h3-4,6,8,12H,2,5,7,9-11H2,1H3,(H,17,19)/t12-/m0/s1. The number of halogens is 1. The molecule has 1 atom stereocenters. The molecule has 1 saturated heterocycles. The minimum Gasteiger partial charge on any atom is -0.356 e. The Bertz CT molecular complexity index is 633. The Kier molecular flexibility index (Phi) is 5.83. The van der Waals surface area contributed by atoms with Crippen LogP contribution >= 0.6 is 11.6 Å². The summed E-state index contributed by atoms with van der Waals surface area (Å²) in [5.41, 5.74) is 0.587. The Labute approximate surface area is 136 Å². The van der Waals surface area contributed by atoms with Gasteiger partial charge in [-0.05, 0) is 31.4 Å². The van der Waals surface area contributed by atoms with Crippen molar-refractivity contribution < 1.29 is 13.2 Å². The summed E-state index contributed by atoms with van der Waals surface area (Å²) in [6, 6.07) is 6.93. The van der Waals surface area contributed by atoms with Crippen molar-refractivity contribution in [3.05, 3.63) is 34.9 Å². The molecule has 1 N–H and O–H groups in total. The average Bonchev–Trinajstić information content (AvgIpc) is 2.50. The second-order valence-electron chi connectivity index (χ2n) is 5.44. The number of nitrogens with zero attached hydrogens (tertiary/aromatic N) is 1. The first-order valence-corrected chi connectivity index (χ1v) is 9.41. The number of hydrogen-bond acceptors (Lipinski definition) is 3. The van der Waals surface area contributed by atoms with E-state index in [1.807, 2.05) is 6.92 Å². The molecule has 7 heteroatoms. The maximum atomic E-state index is 12.6. The van der Waals surface area contributed by atoms with E-state index in [1.54, 1.807) is 24.3 Å². The molecule has 5 nitrogen and oxygen atoms in total. The van der Waals surface area contributed by atoms with Crippen molar-refractivity contribution in [2.45, 2.75) is 25.5 Å². The SMILES string of the molecule is CCNC(=O)[C@H]1CCCN(S(=O)(=O)Cc2ccccc2Cl)C1. The van der Waals surface area contributed by atoms with Crippen LogP contribution in [0.15, 0.2) is 24.3 Å². The highest BCUT2D eigenvalue weighted by Crippen LogP contribution is 2.24. The van der Waals surface area contributed by atoms with E-state index in [0.717, 1.165) is 6.42 Å². The summed E-state index contributed by atoms with van der Waals surface area (Å²) in [5.74, 6) is -0.468. The summed E-state index contributed by atoms with van der Waals surface area (Å²) < 4.78 is 26.6. The van der Waals surface area contributed by atoms with Crippen molar-refractivity contribution >= 4 is 27.5 Å². The number of hydrogen-bond donors (Lipinski definition) is 1. The first kappa shape index (κ1) is 17.2. The molecule has 1 aliphatic heterocycles. The Morgan fingerprint density at radius 2 is 2.14 bits per heavy atom. The predicted octanol–water partition coefficient (Wildman–Crippen LogP) is 2.02. The maximum Gasteiger partial charge on any atom is 0.224 e. The van der Waals surface area contributed by atoms with Gasteiger partial charge in [0.05, 0.1) is 11.7 Å². The van der Waals surface area contributed by atoms with E-state index in [-0.39, 0.29) is 24.1 Å². The van der Waals surface area contributed by atoms with Gasteiger partial charge < -0.3 is 5.32 Å². The molecule has 0 aliphatic carbocycles. The van der Waals surface area contributed by atoms with Crippen LogP contribution in [0.4, 0.5) is 0 Å². The molecule has 0 aromatic heterocycles.